The van der Waals surface area contributed by atoms with Gasteiger partial charge in [0.25, 0.3) is 0 Å². The van der Waals surface area contributed by atoms with Gasteiger partial charge in [0.1, 0.15) is 11.6 Å². The number of morpholine rings is 1. The number of halogens is 2. The van der Waals surface area contributed by atoms with Crippen molar-refractivity contribution in [3.05, 3.63) is 59.4 Å². The van der Waals surface area contributed by atoms with E-state index in [1.807, 2.05) is 0 Å². The van der Waals surface area contributed by atoms with Crippen LogP contribution in [0, 0.1) is 11.2 Å². The van der Waals surface area contributed by atoms with E-state index in [1.54, 1.807) is 29.2 Å². The molecule has 0 saturated carbocycles. The first-order chi connectivity index (χ1) is 16.3. The molecule has 184 valence electrons. The molecule has 0 N–H and O–H groups in total. The molecule has 2 aliphatic heterocycles. The molecule has 2 saturated heterocycles. The predicted molar refractivity (Wildman–Crippen MR) is 126 cm³/mol. The van der Waals surface area contributed by atoms with Gasteiger partial charge in [0.15, 0.2) is 0 Å². The summed E-state index contributed by atoms with van der Waals surface area (Å²) in [6.45, 7) is 2.57. The molecule has 10 heteroatoms. The Bertz CT molecular complexity index is 1110. The first kappa shape index (κ1) is 24.9. The third-order valence-electron chi connectivity index (χ3n) is 6.31. The van der Waals surface area contributed by atoms with Gasteiger partial charge in [-0.1, -0.05) is 17.7 Å². The van der Waals surface area contributed by atoms with E-state index in [0.29, 0.717) is 56.5 Å². The lowest BCUT2D eigenvalue weighted by molar-refractivity contribution is -0.139. The highest BCUT2D eigenvalue weighted by atomic mass is 35.5. The molecule has 0 bridgehead atoms. The van der Waals surface area contributed by atoms with Crippen molar-refractivity contribution in [1.29, 1.82) is 0 Å². The number of amides is 1. The van der Waals surface area contributed by atoms with E-state index in [0.717, 1.165) is 6.07 Å². The van der Waals surface area contributed by atoms with Gasteiger partial charge in [0, 0.05) is 43.0 Å². The minimum absolute atomic E-state index is 0.0481. The molecule has 2 aromatic carbocycles. The normalized spacial score (nSPS) is 21.9. The smallest absolute Gasteiger partial charge is 0.243 e. The molecule has 1 atom stereocenters. The van der Waals surface area contributed by atoms with Crippen LogP contribution in [-0.4, -0.2) is 69.5 Å². The second kappa shape index (κ2) is 10.6. The Morgan fingerprint density at radius 2 is 1.85 bits per heavy atom. The van der Waals surface area contributed by atoms with Crippen LogP contribution in [0.15, 0.2) is 53.4 Å². The summed E-state index contributed by atoms with van der Waals surface area (Å²) < 4.78 is 53.1. The fourth-order valence-electron chi connectivity index (χ4n) is 4.47. The number of sulfonamides is 1. The quantitative estimate of drug-likeness (QED) is 0.569. The number of ether oxygens (including phenoxy) is 2. The molecule has 2 aliphatic rings. The van der Waals surface area contributed by atoms with Gasteiger partial charge in [0.05, 0.1) is 24.7 Å². The zero-order chi connectivity index (χ0) is 24.2. The van der Waals surface area contributed by atoms with Gasteiger partial charge < -0.3 is 14.4 Å². The van der Waals surface area contributed by atoms with Crippen molar-refractivity contribution in [3.8, 4) is 5.75 Å². The van der Waals surface area contributed by atoms with E-state index in [4.69, 9.17) is 21.1 Å². The molecule has 1 unspecified atom stereocenters. The molecule has 2 heterocycles. The fourth-order valence-corrected chi connectivity index (χ4v) is 6.22. The largest absolute Gasteiger partial charge is 0.493 e. The number of piperidine rings is 1. The van der Waals surface area contributed by atoms with Crippen molar-refractivity contribution in [1.82, 2.24) is 9.21 Å². The van der Waals surface area contributed by atoms with Crippen molar-refractivity contribution in [2.24, 2.45) is 5.41 Å². The van der Waals surface area contributed by atoms with Crippen LogP contribution in [0.2, 0.25) is 5.02 Å². The molecular weight excluding hydrogens is 483 g/mol. The molecule has 2 fully saturated rings. The number of rotatable bonds is 7. The highest BCUT2D eigenvalue weighted by Gasteiger charge is 2.43. The van der Waals surface area contributed by atoms with E-state index in [9.17, 15) is 17.6 Å². The van der Waals surface area contributed by atoms with Crippen LogP contribution in [0.3, 0.4) is 0 Å². The summed E-state index contributed by atoms with van der Waals surface area (Å²) in [5.41, 5.74) is -0.729. The summed E-state index contributed by atoms with van der Waals surface area (Å²) in [5, 5.41) is 0.578. The van der Waals surface area contributed by atoms with Crippen LogP contribution in [0.25, 0.3) is 0 Å². The van der Waals surface area contributed by atoms with E-state index >= 15 is 0 Å². The number of hydrogen-bond acceptors (Lipinski definition) is 5. The van der Waals surface area contributed by atoms with Crippen molar-refractivity contribution >= 4 is 27.5 Å². The maximum absolute atomic E-state index is 13.8. The first-order valence-electron chi connectivity index (χ1n) is 11.3. The van der Waals surface area contributed by atoms with E-state index < -0.39 is 21.3 Å². The third kappa shape index (κ3) is 5.89. The van der Waals surface area contributed by atoms with Crippen molar-refractivity contribution < 1.29 is 27.1 Å². The average molecular weight is 511 g/mol. The lowest BCUT2D eigenvalue weighted by Gasteiger charge is -2.42. The van der Waals surface area contributed by atoms with Gasteiger partial charge in [0.2, 0.25) is 15.9 Å². The molecule has 1 amide bonds. The molecule has 0 radical (unpaired) electrons. The summed E-state index contributed by atoms with van der Waals surface area (Å²) in [4.78, 5) is 14.8. The van der Waals surface area contributed by atoms with Crippen LogP contribution >= 0.6 is 11.6 Å². The van der Waals surface area contributed by atoms with Crippen molar-refractivity contribution in [3.63, 3.8) is 0 Å². The third-order valence-corrected chi connectivity index (χ3v) is 8.40. The van der Waals surface area contributed by atoms with Crippen molar-refractivity contribution in [2.75, 3.05) is 46.0 Å². The van der Waals surface area contributed by atoms with Gasteiger partial charge in [-0.2, -0.15) is 4.31 Å². The Balaban J connectivity index is 1.58. The molecule has 4 rings (SSSR count). The summed E-state index contributed by atoms with van der Waals surface area (Å²) in [6.07, 6.45) is 1.34. The lowest BCUT2D eigenvalue weighted by Crippen LogP contribution is -2.51. The van der Waals surface area contributed by atoms with E-state index in [1.165, 1.54) is 22.5 Å². The molecule has 0 spiro atoms. The number of nitrogens with zero attached hydrogens (tertiary/aromatic N) is 2. The highest BCUT2D eigenvalue weighted by Crippen LogP contribution is 2.37. The molecule has 2 aromatic rings. The Labute approximate surface area is 204 Å². The van der Waals surface area contributed by atoms with Gasteiger partial charge in [-0.15, -0.1) is 0 Å². The molecule has 7 nitrogen and oxygen atoms in total. The van der Waals surface area contributed by atoms with Crippen molar-refractivity contribution in [2.45, 2.75) is 24.2 Å². The summed E-state index contributed by atoms with van der Waals surface area (Å²) in [5.74, 6) is -0.0707. The minimum Gasteiger partial charge on any atom is -0.493 e. The second-order valence-electron chi connectivity index (χ2n) is 8.81. The molecular formula is C24H28ClFN2O5S. The highest BCUT2D eigenvalue weighted by molar-refractivity contribution is 7.89. The maximum Gasteiger partial charge on any atom is 0.243 e. The van der Waals surface area contributed by atoms with Gasteiger partial charge in [-0.05, 0) is 55.3 Å². The van der Waals surface area contributed by atoms with Gasteiger partial charge >= 0.3 is 0 Å². The summed E-state index contributed by atoms with van der Waals surface area (Å²) in [7, 11) is -3.93. The zero-order valence-corrected chi connectivity index (χ0v) is 20.4. The number of benzene rings is 2. The monoisotopic (exact) mass is 510 g/mol. The Hall–Kier alpha value is -2.20. The number of carbonyl (C=O) groups is 1. The average Bonchev–Trinajstić information content (AvgIpc) is 2.84. The summed E-state index contributed by atoms with van der Waals surface area (Å²) >= 11 is 5.97. The molecule has 34 heavy (non-hydrogen) atoms. The predicted octanol–water partition coefficient (Wildman–Crippen LogP) is 3.58. The second-order valence-corrected chi connectivity index (χ2v) is 11.2. The topological polar surface area (TPSA) is 76.2 Å². The van der Waals surface area contributed by atoms with Gasteiger partial charge in [-0.3, -0.25) is 4.79 Å². The van der Waals surface area contributed by atoms with E-state index in [-0.39, 0.29) is 30.4 Å². The lowest BCUT2D eigenvalue weighted by atomic mass is 9.78. The number of carbonyl (C=O) groups excluding carboxylic acids is 1. The minimum atomic E-state index is -3.93. The maximum atomic E-state index is 13.8. The number of hydrogen-bond donors (Lipinski definition) is 0. The Morgan fingerprint density at radius 1 is 1.12 bits per heavy atom. The van der Waals surface area contributed by atoms with Crippen LogP contribution in [-0.2, 0) is 19.6 Å². The SMILES string of the molecule is O=C(CC1(COc2ccc(Cl)cc2)CCCN(S(=O)(=O)c2cccc(F)c2)C1)N1CCOCC1. The van der Waals surface area contributed by atoms with Crippen LogP contribution < -0.4 is 4.74 Å². The van der Waals surface area contributed by atoms with E-state index in [2.05, 4.69) is 0 Å². The Morgan fingerprint density at radius 3 is 2.56 bits per heavy atom. The molecule has 0 aromatic heterocycles. The standard InChI is InChI=1S/C24H28ClFN2O5S/c25-19-5-7-21(8-6-19)33-18-24(16-23(29)27-11-13-32-14-12-27)9-2-10-28(17-24)34(30,31)22-4-1-3-20(26)15-22/h1,3-8,15H,2,9-14,16-18H2. The van der Waals surface area contributed by atoms with Crippen LogP contribution in [0.5, 0.6) is 5.75 Å². The molecule has 0 aliphatic carbocycles. The van der Waals surface area contributed by atoms with Gasteiger partial charge in [-0.25, -0.2) is 12.8 Å². The summed E-state index contributed by atoms with van der Waals surface area (Å²) in [6, 6.07) is 11.9. The zero-order valence-electron chi connectivity index (χ0n) is 18.8. The first-order valence-corrected chi connectivity index (χ1v) is 13.1. The van der Waals surface area contributed by atoms with Crippen LogP contribution in [0.4, 0.5) is 4.39 Å². The van der Waals surface area contributed by atoms with Crippen LogP contribution in [0.1, 0.15) is 19.3 Å². The fraction of sp³-hybridized carbons (Fsp3) is 0.458. The Kier molecular flexibility index (Phi) is 7.77.